The number of carbonyl (C=O) groups is 1. The second-order valence-electron chi connectivity index (χ2n) is 6.58. The first-order chi connectivity index (χ1) is 11.5. The molecule has 2 aromatic rings. The summed E-state index contributed by atoms with van der Waals surface area (Å²) in [6, 6.07) is 16.8. The SMILES string of the molecule is Cc1ccc(C)c([C@@H](C)NCC(=O)NC[C@@H](C)c2ccccc2)c1. The molecule has 0 radical (unpaired) electrons. The summed E-state index contributed by atoms with van der Waals surface area (Å²) in [6.45, 7) is 9.41. The zero-order valence-electron chi connectivity index (χ0n) is 15.1. The topological polar surface area (TPSA) is 41.1 Å². The maximum Gasteiger partial charge on any atom is 0.233 e. The van der Waals surface area contributed by atoms with Crippen molar-refractivity contribution in [1.29, 1.82) is 0 Å². The van der Waals surface area contributed by atoms with Gasteiger partial charge in [-0.25, -0.2) is 0 Å². The lowest BCUT2D eigenvalue weighted by atomic mass is 10.00. The average Bonchev–Trinajstić information content (AvgIpc) is 2.60. The Hall–Kier alpha value is -2.13. The van der Waals surface area contributed by atoms with Gasteiger partial charge in [-0.1, -0.05) is 61.0 Å². The molecule has 128 valence electrons. The molecule has 0 aliphatic carbocycles. The van der Waals surface area contributed by atoms with Crippen LogP contribution in [0.4, 0.5) is 0 Å². The van der Waals surface area contributed by atoms with Crippen molar-refractivity contribution in [3.05, 3.63) is 70.8 Å². The van der Waals surface area contributed by atoms with Crippen LogP contribution in [0.1, 0.15) is 48.1 Å². The second-order valence-corrected chi connectivity index (χ2v) is 6.58. The van der Waals surface area contributed by atoms with E-state index >= 15 is 0 Å². The molecule has 3 heteroatoms. The fourth-order valence-electron chi connectivity index (χ4n) is 2.81. The molecule has 0 aliphatic heterocycles. The molecule has 0 bridgehead atoms. The molecule has 0 saturated heterocycles. The maximum atomic E-state index is 12.1. The molecule has 0 aliphatic rings. The standard InChI is InChI=1S/C21H28N2O/c1-15-10-11-16(2)20(12-15)18(4)22-14-21(24)23-13-17(3)19-8-6-5-7-9-19/h5-12,17-18,22H,13-14H2,1-4H3,(H,23,24)/t17-,18-/m1/s1. The molecule has 2 aromatic carbocycles. The van der Waals surface area contributed by atoms with Gasteiger partial charge in [0.05, 0.1) is 6.54 Å². The fourth-order valence-corrected chi connectivity index (χ4v) is 2.81. The van der Waals surface area contributed by atoms with Crippen molar-refractivity contribution in [2.45, 2.75) is 39.7 Å². The molecule has 0 saturated carbocycles. The highest BCUT2D eigenvalue weighted by Gasteiger charge is 2.11. The Morgan fingerprint density at radius 1 is 1.04 bits per heavy atom. The van der Waals surface area contributed by atoms with E-state index in [9.17, 15) is 4.79 Å². The van der Waals surface area contributed by atoms with E-state index in [1.165, 1.54) is 22.3 Å². The number of rotatable bonds is 7. The Kier molecular flexibility index (Phi) is 6.56. The number of carbonyl (C=O) groups excluding carboxylic acids is 1. The molecule has 2 rings (SSSR count). The monoisotopic (exact) mass is 324 g/mol. The van der Waals surface area contributed by atoms with Crippen molar-refractivity contribution >= 4 is 5.91 Å². The summed E-state index contributed by atoms with van der Waals surface area (Å²) in [5.74, 6) is 0.349. The van der Waals surface area contributed by atoms with Gasteiger partial charge in [-0.15, -0.1) is 0 Å². The van der Waals surface area contributed by atoms with Crippen LogP contribution in [0, 0.1) is 13.8 Å². The molecule has 1 amide bonds. The number of benzene rings is 2. The number of amides is 1. The Labute approximate surface area is 145 Å². The highest BCUT2D eigenvalue weighted by molar-refractivity contribution is 5.78. The first-order valence-corrected chi connectivity index (χ1v) is 8.59. The van der Waals surface area contributed by atoms with Gasteiger partial charge in [0.25, 0.3) is 0 Å². The first kappa shape index (κ1) is 18.2. The number of hydrogen-bond acceptors (Lipinski definition) is 2. The minimum Gasteiger partial charge on any atom is -0.354 e. The second kappa shape index (κ2) is 8.65. The third kappa shape index (κ3) is 5.20. The van der Waals surface area contributed by atoms with Crippen molar-refractivity contribution in [1.82, 2.24) is 10.6 Å². The zero-order chi connectivity index (χ0) is 17.5. The van der Waals surface area contributed by atoms with Crippen LogP contribution in [0.3, 0.4) is 0 Å². The van der Waals surface area contributed by atoms with Gasteiger partial charge < -0.3 is 10.6 Å². The van der Waals surface area contributed by atoms with Crippen LogP contribution >= 0.6 is 0 Å². The van der Waals surface area contributed by atoms with E-state index in [0.717, 1.165) is 0 Å². The molecule has 0 fully saturated rings. The molecule has 0 heterocycles. The van der Waals surface area contributed by atoms with E-state index in [2.05, 4.69) is 68.7 Å². The van der Waals surface area contributed by atoms with Gasteiger partial charge in [0.15, 0.2) is 0 Å². The van der Waals surface area contributed by atoms with Crippen LogP contribution in [0.25, 0.3) is 0 Å². The zero-order valence-corrected chi connectivity index (χ0v) is 15.1. The van der Waals surface area contributed by atoms with E-state index < -0.39 is 0 Å². The smallest absolute Gasteiger partial charge is 0.233 e. The minimum absolute atomic E-state index is 0.0370. The highest BCUT2D eigenvalue weighted by atomic mass is 16.1. The molecular weight excluding hydrogens is 296 g/mol. The number of aryl methyl sites for hydroxylation is 2. The lowest BCUT2D eigenvalue weighted by molar-refractivity contribution is -0.120. The summed E-state index contributed by atoms with van der Waals surface area (Å²) in [6.07, 6.45) is 0. The van der Waals surface area contributed by atoms with E-state index in [4.69, 9.17) is 0 Å². The van der Waals surface area contributed by atoms with Crippen molar-refractivity contribution in [3.8, 4) is 0 Å². The van der Waals surface area contributed by atoms with Crippen molar-refractivity contribution in [3.63, 3.8) is 0 Å². The molecule has 24 heavy (non-hydrogen) atoms. The normalized spacial score (nSPS) is 13.3. The lowest BCUT2D eigenvalue weighted by Gasteiger charge is -2.18. The number of nitrogens with one attached hydrogen (secondary N) is 2. The number of hydrogen-bond donors (Lipinski definition) is 2. The van der Waals surface area contributed by atoms with Crippen LogP contribution in [0.2, 0.25) is 0 Å². The van der Waals surface area contributed by atoms with E-state index in [0.29, 0.717) is 19.0 Å². The minimum atomic E-state index is 0.0370. The maximum absolute atomic E-state index is 12.1. The summed E-state index contributed by atoms with van der Waals surface area (Å²) in [5.41, 5.74) is 4.99. The van der Waals surface area contributed by atoms with Gasteiger partial charge in [0.1, 0.15) is 0 Å². The van der Waals surface area contributed by atoms with Crippen molar-refractivity contribution < 1.29 is 4.79 Å². The van der Waals surface area contributed by atoms with Crippen molar-refractivity contribution in [2.75, 3.05) is 13.1 Å². The summed E-state index contributed by atoms with van der Waals surface area (Å²) in [4.78, 5) is 12.1. The molecule has 0 unspecified atom stereocenters. The predicted octanol–water partition coefficient (Wildman–Crippen LogP) is 3.87. The van der Waals surface area contributed by atoms with Gasteiger partial charge in [-0.05, 0) is 43.4 Å². The molecule has 2 atom stereocenters. The Bertz CT molecular complexity index is 667. The van der Waals surface area contributed by atoms with Crippen molar-refractivity contribution in [2.24, 2.45) is 0 Å². The van der Waals surface area contributed by atoms with E-state index in [1.807, 2.05) is 18.2 Å². The van der Waals surface area contributed by atoms with Gasteiger partial charge in [0, 0.05) is 12.6 Å². The Morgan fingerprint density at radius 3 is 2.46 bits per heavy atom. The first-order valence-electron chi connectivity index (χ1n) is 8.59. The quantitative estimate of drug-likeness (QED) is 0.811. The van der Waals surface area contributed by atoms with Gasteiger partial charge in [-0.3, -0.25) is 4.79 Å². The van der Waals surface area contributed by atoms with E-state index in [-0.39, 0.29) is 11.9 Å². The van der Waals surface area contributed by atoms with Gasteiger partial charge >= 0.3 is 0 Å². The summed E-state index contributed by atoms with van der Waals surface area (Å²) < 4.78 is 0. The average molecular weight is 324 g/mol. The molecular formula is C21H28N2O. The highest BCUT2D eigenvalue weighted by Crippen LogP contribution is 2.18. The summed E-state index contributed by atoms with van der Waals surface area (Å²) in [5, 5.41) is 6.33. The molecule has 3 nitrogen and oxygen atoms in total. The van der Waals surface area contributed by atoms with Gasteiger partial charge in [0.2, 0.25) is 5.91 Å². The third-order valence-electron chi connectivity index (χ3n) is 4.44. The third-order valence-corrected chi connectivity index (χ3v) is 4.44. The predicted molar refractivity (Wildman–Crippen MR) is 100 cm³/mol. The van der Waals surface area contributed by atoms with Crippen LogP contribution in [-0.2, 0) is 4.79 Å². The molecule has 2 N–H and O–H groups in total. The lowest BCUT2D eigenvalue weighted by Crippen LogP contribution is -2.36. The Morgan fingerprint density at radius 2 is 1.75 bits per heavy atom. The summed E-state index contributed by atoms with van der Waals surface area (Å²) >= 11 is 0. The summed E-state index contributed by atoms with van der Waals surface area (Å²) in [7, 11) is 0. The van der Waals surface area contributed by atoms with Crippen LogP contribution in [0.5, 0.6) is 0 Å². The van der Waals surface area contributed by atoms with Crippen LogP contribution in [-0.4, -0.2) is 19.0 Å². The fraction of sp³-hybridized carbons (Fsp3) is 0.381. The largest absolute Gasteiger partial charge is 0.354 e. The van der Waals surface area contributed by atoms with Gasteiger partial charge in [-0.2, -0.15) is 0 Å². The Balaban J connectivity index is 1.79. The van der Waals surface area contributed by atoms with Crippen LogP contribution < -0.4 is 10.6 Å². The molecule has 0 spiro atoms. The molecule has 0 aromatic heterocycles. The van der Waals surface area contributed by atoms with E-state index in [1.54, 1.807) is 0 Å². The van der Waals surface area contributed by atoms with Crippen LogP contribution in [0.15, 0.2) is 48.5 Å².